The molecule has 0 aromatic carbocycles. The molecule has 0 spiro atoms. The Bertz CT molecular complexity index is 302. The van der Waals surface area contributed by atoms with Crippen LogP contribution in [0.15, 0.2) is 0 Å². The SMILES string of the molecule is COC(=O)C(CCCCCCOCCC(C)CCO)C(=O)OC. The number of rotatable bonds is 14. The first-order valence-electron chi connectivity index (χ1n) is 8.41. The molecule has 0 heterocycles. The van der Waals surface area contributed by atoms with Crippen molar-refractivity contribution in [3.8, 4) is 0 Å². The van der Waals surface area contributed by atoms with E-state index in [4.69, 9.17) is 9.84 Å². The lowest BCUT2D eigenvalue weighted by atomic mass is 10.0. The highest BCUT2D eigenvalue weighted by Crippen LogP contribution is 2.14. The van der Waals surface area contributed by atoms with Crippen molar-refractivity contribution in [3.05, 3.63) is 0 Å². The largest absolute Gasteiger partial charge is 0.468 e. The van der Waals surface area contributed by atoms with Crippen LogP contribution in [0.2, 0.25) is 0 Å². The van der Waals surface area contributed by atoms with E-state index in [1.54, 1.807) is 0 Å². The maximum Gasteiger partial charge on any atom is 0.320 e. The van der Waals surface area contributed by atoms with Crippen LogP contribution in [0.5, 0.6) is 0 Å². The number of esters is 2. The summed E-state index contributed by atoms with van der Waals surface area (Å²) in [6, 6.07) is 0. The second-order valence-electron chi connectivity index (χ2n) is 5.82. The van der Waals surface area contributed by atoms with Crippen LogP contribution in [0.3, 0.4) is 0 Å². The van der Waals surface area contributed by atoms with Gasteiger partial charge in [0, 0.05) is 19.8 Å². The number of hydrogen-bond acceptors (Lipinski definition) is 6. The van der Waals surface area contributed by atoms with Gasteiger partial charge in [-0.1, -0.05) is 26.2 Å². The van der Waals surface area contributed by atoms with E-state index in [9.17, 15) is 9.59 Å². The van der Waals surface area contributed by atoms with Gasteiger partial charge in [-0.15, -0.1) is 0 Å². The molecular formula is C17H32O6. The Morgan fingerprint density at radius 3 is 2.04 bits per heavy atom. The van der Waals surface area contributed by atoms with Crippen LogP contribution >= 0.6 is 0 Å². The Kier molecular flexibility index (Phi) is 13.7. The van der Waals surface area contributed by atoms with Crippen molar-refractivity contribution in [2.75, 3.05) is 34.0 Å². The molecule has 0 aliphatic heterocycles. The molecule has 0 saturated carbocycles. The maximum absolute atomic E-state index is 11.5. The van der Waals surface area contributed by atoms with Crippen LogP contribution in [-0.2, 0) is 23.8 Å². The van der Waals surface area contributed by atoms with Crippen molar-refractivity contribution >= 4 is 11.9 Å². The smallest absolute Gasteiger partial charge is 0.320 e. The summed E-state index contributed by atoms with van der Waals surface area (Å²) in [5.41, 5.74) is 0. The summed E-state index contributed by atoms with van der Waals surface area (Å²) in [7, 11) is 2.55. The minimum absolute atomic E-state index is 0.235. The minimum Gasteiger partial charge on any atom is -0.468 e. The molecule has 6 nitrogen and oxygen atoms in total. The standard InChI is InChI=1S/C17H32O6/c1-14(9-11-18)10-13-23-12-7-5-4-6-8-15(16(19)21-2)17(20)22-3/h14-15,18H,4-13H2,1-3H3. The zero-order valence-electron chi connectivity index (χ0n) is 14.7. The van der Waals surface area contributed by atoms with Gasteiger partial charge in [-0.3, -0.25) is 9.59 Å². The van der Waals surface area contributed by atoms with Gasteiger partial charge in [0.15, 0.2) is 5.92 Å². The van der Waals surface area contributed by atoms with Crippen molar-refractivity contribution in [2.45, 2.75) is 51.9 Å². The average molecular weight is 332 g/mol. The van der Waals surface area contributed by atoms with Crippen LogP contribution in [0.25, 0.3) is 0 Å². The number of ether oxygens (including phenoxy) is 3. The van der Waals surface area contributed by atoms with Crippen LogP contribution in [0.4, 0.5) is 0 Å². The van der Waals surface area contributed by atoms with Crippen molar-refractivity contribution in [2.24, 2.45) is 11.8 Å². The number of unbranched alkanes of at least 4 members (excludes halogenated alkanes) is 3. The van der Waals surface area contributed by atoms with E-state index in [-0.39, 0.29) is 6.61 Å². The van der Waals surface area contributed by atoms with E-state index >= 15 is 0 Å². The predicted molar refractivity (Wildman–Crippen MR) is 86.9 cm³/mol. The summed E-state index contributed by atoms with van der Waals surface area (Å²) in [6.07, 6.45) is 5.94. The first-order valence-corrected chi connectivity index (χ1v) is 8.41. The quantitative estimate of drug-likeness (QED) is 0.299. The number of carbonyl (C=O) groups excluding carboxylic acids is 2. The summed E-state index contributed by atoms with van der Waals surface area (Å²) in [5.74, 6) is -1.38. The first kappa shape index (κ1) is 21.9. The number of methoxy groups -OCH3 is 2. The van der Waals surface area contributed by atoms with Gasteiger partial charge in [0.2, 0.25) is 0 Å². The first-order chi connectivity index (χ1) is 11.1. The topological polar surface area (TPSA) is 82.1 Å². The fourth-order valence-corrected chi connectivity index (χ4v) is 2.27. The van der Waals surface area contributed by atoms with E-state index in [2.05, 4.69) is 16.4 Å². The zero-order valence-corrected chi connectivity index (χ0v) is 14.7. The lowest BCUT2D eigenvalue weighted by molar-refractivity contribution is -0.159. The Hall–Kier alpha value is -1.14. The fraction of sp³-hybridized carbons (Fsp3) is 0.882. The van der Waals surface area contributed by atoms with Gasteiger partial charge >= 0.3 is 11.9 Å². The van der Waals surface area contributed by atoms with E-state index in [1.807, 2.05) is 0 Å². The van der Waals surface area contributed by atoms with Crippen LogP contribution < -0.4 is 0 Å². The molecule has 0 aromatic rings. The molecule has 0 saturated heterocycles. The summed E-state index contributed by atoms with van der Waals surface area (Å²) in [6.45, 7) is 3.80. The summed E-state index contributed by atoms with van der Waals surface area (Å²) < 4.78 is 14.8. The molecule has 6 heteroatoms. The average Bonchev–Trinajstić information content (AvgIpc) is 2.55. The molecule has 136 valence electrons. The molecule has 0 bridgehead atoms. The lowest BCUT2D eigenvalue weighted by Crippen LogP contribution is -2.26. The van der Waals surface area contributed by atoms with Gasteiger partial charge < -0.3 is 19.3 Å². The van der Waals surface area contributed by atoms with Gasteiger partial charge in [-0.2, -0.15) is 0 Å². The molecule has 1 unspecified atom stereocenters. The predicted octanol–water partition coefficient (Wildman–Crippen LogP) is 2.32. The highest BCUT2D eigenvalue weighted by Gasteiger charge is 2.27. The maximum atomic E-state index is 11.5. The minimum atomic E-state index is -0.811. The van der Waals surface area contributed by atoms with Crippen LogP contribution in [-0.4, -0.2) is 51.1 Å². The second-order valence-corrected chi connectivity index (χ2v) is 5.82. The molecule has 1 atom stereocenters. The van der Waals surface area contributed by atoms with Crippen molar-refractivity contribution < 1.29 is 28.9 Å². The molecule has 23 heavy (non-hydrogen) atoms. The van der Waals surface area contributed by atoms with E-state index in [1.165, 1.54) is 14.2 Å². The monoisotopic (exact) mass is 332 g/mol. The van der Waals surface area contributed by atoms with Crippen LogP contribution in [0, 0.1) is 11.8 Å². The summed E-state index contributed by atoms with van der Waals surface area (Å²) in [5, 5.41) is 8.80. The fourth-order valence-electron chi connectivity index (χ4n) is 2.27. The third kappa shape index (κ3) is 11.1. The highest BCUT2D eigenvalue weighted by molar-refractivity contribution is 5.94. The third-order valence-corrected chi connectivity index (χ3v) is 3.88. The van der Waals surface area contributed by atoms with E-state index in [0.717, 1.165) is 51.7 Å². The van der Waals surface area contributed by atoms with Gasteiger partial charge in [-0.05, 0) is 31.6 Å². The van der Waals surface area contributed by atoms with Crippen molar-refractivity contribution in [1.82, 2.24) is 0 Å². The molecular weight excluding hydrogens is 300 g/mol. The number of hydrogen-bond donors (Lipinski definition) is 1. The van der Waals surface area contributed by atoms with Crippen LogP contribution in [0.1, 0.15) is 51.9 Å². The van der Waals surface area contributed by atoms with Gasteiger partial charge in [-0.25, -0.2) is 0 Å². The molecule has 0 fully saturated rings. The van der Waals surface area contributed by atoms with Gasteiger partial charge in [0.25, 0.3) is 0 Å². The molecule has 0 aliphatic rings. The zero-order chi connectivity index (χ0) is 17.5. The van der Waals surface area contributed by atoms with Crippen molar-refractivity contribution in [3.63, 3.8) is 0 Å². The summed E-state index contributed by atoms with van der Waals surface area (Å²) >= 11 is 0. The molecule has 0 aliphatic carbocycles. The Balaban J connectivity index is 3.60. The van der Waals surface area contributed by atoms with E-state index in [0.29, 0.717) is 12.3 Å². The third-order valence-electron chi connectivity index (χ3n) is 3.88. The summed E-state index contributed by atoms with van der Waals surface area (Å²) in [4.78, 5) is 23.0. The van der Waals surface area contributed by atoms with Crippen molar-refractivity contribution in [1.29, 1.82) is 0 Å². The van der Waals surface area contributed by atoms with E-state index < -0.39 is 17.9 Å². The number of aliphatic hydroxyl groups is 1. The molecule has 0 rings (SSSR count). The Morgan fingerprint density at radius 1 is 0.870 bits per heavy atom. The Morgan fingerprint density at radius 2 is 1.48 bits per heavy atom. The Labute approximate surface area is 139 Å². The molecule has 1 N–H and O–H groups in total. The molecule has 0 amide bonds. The normalized spacial score (nSPS) is 12.2. The molecule has 0 radical (unpaired) electrons. The van der Waals surface area contributed by atoms with Gasteiger partial charge in [0.1, 0.15) is 0 Å². The number of aliphatic hydroxyl groups excluding tert-OH is 1. The van der Waals surface area contributed by atoms with Gasteiger partial charge in [0.05, 0.1) is 14.2 Å². The highest BCUT2D eigenvalue weighted by atomic mass is 16.5. The second kappa shape index (κ2) is 14.5. The molecule has 0 aromatic heterocycles. The number of carbonyl (C=O) groups is 2. The lowest BCUT2D eigenvalue weighted by Gasteiger charge is -2.12.